The predicted octanol–water partition coefficient (Wildman–Crippen LogP) is 3.32. The number of nitrogens with zero attached hydrogens (tertiary/aromatic N) is 4. The number of hydrogen-bond acceptors (Lipinski definition) is 5. The predicted molar refractivity (Wildman–Crippen MR) is 95.4 cm³/mol. The summed E-state index contributed by atoms with van der Waals surface area (Å²) in [6.07, 6.45) is 2.92. The maximum atomic E-state index is 12.5. The summed E-state index contributed by atoms with van der Waals surface area (Å²) in [6, 6.07) is 2.09. The summed E-state index contributed by atoms with van der Waals surface area (Å²) in [5.74, 6) is 0.710. The van der Waals surface area contributed by atoms with Crippen LogP contribution in [0.3, 0.4) is 0 Å². The van der Waals surface area contributed by atoms with E-state index < -0.39 is 5.60 Å². The number of hydrogen-bond donors (Lipinski definition) is 0. The lowest BCUT2D eigenvalue weighted by atomic mass is 10.0. The number of rotatable bonds is 3. The van der Waals surface area contributed by atoms with Gasteiger partial charge in [0.2, 0.25) is 5.95 Å². The van der Waals surface area contributed by atoms with Crippen molar-refractivity contribution in [3.8, 4) is 0 Å². The number of carbonyl (C=O) groups excluding carboxylic acids is 1. The Morgan fingerprint density at radius 1 is 1.29 bits per heavy atom. The lowest BCUT2D eigenvalue weighted by molar-refractivity contribution is 0.0108. The normalized spacial score (nSPS) is 18.4. The number of likely N-dealkylation sites (tertiary alicyclic amines) is 1. The van der Waals surface area contributed by atoms with Crippen LogP contribution in [0.5, 0.6) is 0 Å². The maximum Gasteiger partial charge on any atom is 0.410 e. The molecule has 0 radical (unpaired) electrons. The highest BCUT2D eigenvalue weighted by atomic mass is 16.6. The Labute approximate surface area is 145 Å². The number of piperidine rings is 1. The molecule has 1 aliphatic heterocycles. The number of aryl methyl sites for hydroxylation is 2. The quantitative estimate of drug-likeness (QED) is 0.848. The van der Waals surface area contributed by atoms with Crippen LogP contribution in [-0.2, 0) is 4.74 Å². The Morgan fingerprint density at radius 3 is 2.50 bits per heavy atom. The SMILES string of the molecule is Cc1cc(C)nc(N(C)CC2CCCCN2C(=O)OC(C)(C)C)n1. The van der Waals surface area contributed by atoms with Gasteiger partial charge in [-0.2, -0.15) is 0 Å². The molecule has 0 spiro atoms. The molecule has 134 valence electrons. The maximum absolute atomic E-state index is 12.5. The van der Waals surface area contributed by atoms with Gasteiger partial charge >= 0.3 is 6.09 Å². The van der Waals surface area contributed by atoms with Crippen molar-refractivity contribution in [1.29, 1.82) is 0 Å². The molecule has 2 heterocycles. The topological polar surface area (TPSA) is 58.6 Å². The van der Waals surface area contributed by atoms with Crippen LogP contribution in [0.4, 0.5) is 10.7 Å². The first-order valence-corrected chi connectivity index (χ1v) is 8.69. The third-order valence-electron chi connectivity index (χ3n) is 4.05. The van der Waals surface area contributed by atoms with Crippen molar-refractivity contribution in [1.82, 2.24) is 14.9 Å². The Balaban J connectivity index is 2.08. The van der Waals surface area contributed by atoms with Crippen molar-refractivity contribution in [2.24, 2.45) is 0 Å². The van der Waals surface area contributed by atoms with Crippen molar-refractivity contribution in [3.05, 3.63) is 17.5 Å². The number of amides is 1. The lowest BCUT2D eigenvalue weighted by Crippen LogP contribution is -2.50. The summed E-state index contributed by atoms with van der Waals surface area (Å²) >= 11 is 0. The Morgan fingerprint density at radius 2 is 1.92 bits per heavy atom. The van der Waals surface area contributed by atoms with E-state index in [0.29, 0.717) is 12.5 Å². The Kier molecular flexibility index (Phi) is 5.67. The van der Waals surface area contributed by atoms with E-state index >= 15 is 0 Å². The molecule has 1 atom stereocenters. The first-order valence-electron chi connectivity index (χ1n) is 8.69. The van der Waals surface area contributed by atoms with Gasteiger partial charge in [0.1, 0.15) is 5.60 Å². The average Bonchev–Trinajstić information content (AvgIpc) is 2.44. The second-order valence-electron chi connectivity index (χ2n) is 7.65. The molecule has 24 heavy (non-hydrogen) atoms. The van der Waals surface area contributed by atoms with Crippen LogP contribution in [0.2, 0.25) is 0 Å². The van der Waals surface area contributed by atoms with Gasteiger partial charge in [0.15, 0.2) is 0 Å². The second-order valence-corrected chi connectivity index (χ2v) is 7.65. The fourth-order valence-electron chi connectivity index (χ4n) is 3.03. The van der Waals surface area contributed by atoms with Gasteiger partial charge < -0.3 is 14.5 Å². The molecule has 1 aromatic heterocycles. The zero-order valence-electron chi connectivity index (χ0n) is 15.8. The number of aromatic nitrogens is 2. The molecule has 1 amide bonds. The van der Waals surface area contributed by atoms with Crippen molar-refractivity contribution < 1.29 is 9.53 Å². The highest BCUT2D eigenvalue weighted by Gasteiger charge is 2.31. The van der Waals surface area contributed by atoms with Crippen molar-refractivity contribution in [2.45, 2.75) is 65.5 Å². The van der Waals surface area contributed by atoms with Crippen molar-refractivity contribution in [2.75, 3.05) is 25.0 Å². The molecule has 2 rings (SSSR count). The van der Waals surface area contributed by atoms with Crippen LogP contribution in [-0.4, -0.2) is 52.7 Å². The van der Waals surface area contributed by atoms with Crippen LogP contribution >= 0.6 is 0 Å². The van der Waals surface area contributed by atoms with Gasteiger partial charge in [0.05, 0.1) is 6.04 Å². The minimum Gasteiger partial charge on any atom is -0.444 e. The smallest absolute Gasteiger partial charge is 0.410 e. The molecule has 1 unspecified atom stereocenters. The van der Waals surface area contributed by atoms with E-state index in [1.807, 2.05) is 57.5 Å². The van der Waals surface area contributed by atoms with Crippen molar-refractivity contribution in [3.63, 3.8) is 0 Å². The molecule has 6 nitrogen and oxygen atoms in total. The summed E-state index contributed by atoms with van der Waals surface area (Å²) in [7, 11) is 1.98. The molecule has 1 aliphatic rings. The monoisotopic (exact) mass is 334 g/mol. The van der Waals surface area contributed by atoms with Crippen LogP contribution in [0, 0.1) is 13.8 Å². The van der Waals surface area contributed by atoms with Gasteiger partial charge in [0, 0.05) is 31.5 Å². The van der Waals surface area contributed by atoms with Gasteiger partial charge in [-0.15, -0.1) is 0 Å². The van der Waals surface area contributed by atoms with E-state index in [4.69, 9.17) is 4.74 Å². The Hall–Kier alpha value is -1.85. The van der Waals surface area contributed by atoms with Crippen LogP contribution < -0.4 is 4.90 Å². The number of likely N-dealkylation sites (N-methyl/N-ethyl adjacent to an activating group) is 1. The van der Waals surface area contributed by atoms with Gasteiger partial charge in [-0.1, -0.05) is 0 Å². The molecule has 1 saturated heterocycles. The molecule has 0 bridgehead atoms. The molecular weight excluding hydrogens is 304 g/mol. The van der Waals surface area contributed by atoms with Crippen LogP contribution in [0.1, 0.15) is 51.4 Å². The molecule has 1 fully saturated rings. The third-order valence-corrected chi connectivity index (χ3v) is 4.05. The van der Waals surface area contributed by atoms with Gasteiger partial charge in [-0.3, -0.25) is 0 Å². The van der Waals surface area contributed by atoms with Crippen LogP contribution in [0.15, 0.2) is 6.07 Å². The Bertz CT molecular complexity index is 563. The minimum atomic E-state index is -0.470. The van der Waals surface area contributed by atoms with E-state index in [1.165, 1.54) is 0 Å². The molecule has 6 heteroatoms. The number of carbonyl (C=O) groups is 1. The largest absolute Gasteiger partial charge is 0.444 e. The van der Waals surface area contributed by atoms with E-state index in [2.05, 4.69) is 9.97 Å². The molecule has 0 saturated carbocycles. The minimum absolute atomic E-state index is 0.128. The van der Waals surface area contributed by atoms with E-state index in [0.717, 1.165) is 37.2 Å². The van der Waals surface area contributed by atoms with E-state index in [1.54, 1.807) is 0 Å². The zero-order valence-corrected chi connectivity index (χ0v) is 15.8. The summed E-state index contributed by atoms with van der Waals surface area (Å²) in [5.41, 5.74) is 1.44. The number of anilines is 1. The van der Waals surface area contributed by atoms with Crippen molar-refractivity contribution >= 4 is 12.0 Å². The van der Waals surface area contributed by atoms with E-state index in [-0.39, 0.29) is 12.1 Å². The summed E-state index contributed by atoms with van der Waals surface area (Å²) in [5, 5.41) is 0. The fraction of sp³-hybridized carbons (Fsp3) is 0.722. The fourth-order valence-corrected chi connectivity index (χ4v) is 3.03. The molecule has 0 N–H and O–H groups in total. The first kappa shape index (κ1) is 18.5. The summed E-state index contributed by atoms with van der Waals surface area (Å²) < 4.78 is 5.57. The number of ether oxygens (including phenoxy) is 1. The lowest BCUT2D eigenvalue weighted by Gasteiger charge is -2.38. The molecule has 0 aromatic carbocycles. The van der Waals surface area contributed by atoms with Gasteiger partial charge in [-0.05, 0) is 59.9 Å². The van der Waals surface area contributed by atoms with Crippen LogP contribution in [0.25, 0.3) is 0 Å². The summed E-state index contributed by atoms with van der Waals surface area (Å²) in [4.78, 5) is 25.4. The van der Waals surface area contributed by atoms with Gasteiger partial charge in [-0.25, -0.2) is 14.8 Å². The highest BCUT2D eigenvalue weighted by Crippen LogP contribution is 2.22. The first-order chi connectivity index (χ1) is 11.2. The third kappa shape index (κ3) is 5.08. The van der Waals surface area contributed by atoms with Gasteiger partial charge in [0.25, 0.3) is 0 Å². The molecule has 1 aromatic rings. The van der Waals surface area contributed by atoms with E-state index in [9.17, 15) is 4.79 Å². The summed E-state index contributed by atoms with van der Waals surface area (Å²) in [6.45, 7) is 11.1. The standard InChI is InChI=1S/C18H30N4O2/c1-13-11-14(2)20-16(19-13)21(6)12-15-9-7-8-10-22(15)17(23)24-18(3,4)5/h11,15H,7-10,12H2,1-6H3. The second kappa shape index (κ2) is 7.36. The average molecular weight is 334 g/mol. The molecule has 0 aliphatic carbocycles. The highest BCUT2D eigenvalue weighted by molar-refractivity contribution is 5.68. The zero-order chi connectivity index (χ0) is 17.9. The molecular formula is C18H30N4O2.